The number of ether oxygens (including phenoxy) is 2. The van der Waals surface area contributed by atoms with Crippen LogP contribution in [0, 0.1) is 0 Å². The van der Waals surface area contributed by atoms with E-state index in [-0.39, 0.29) is 11.6 Å². The van der Waals surface area contributed by atoms with E-state index >= 15 is 0 Å². The zero-order valence-corrected chi connectivity index (χ0v) is 25.9. The third-order valence-corrected chi connectivity index (χ3v) is 13.8. The first-order valence-electron chi connectivity index (χ1n) is 13.6. The van der Waals surface area contributed by atoms with Gasteiger partial charge in [0.15, 0.2) is 0 Å². The first kappa shape index (κ1) is 31.3. The fourth-order valence-corrected chi connectivity index (χ4v) is 11.5. The van der Waals surface area contributed by atoms with Crippen LogP contribution >= 0.6 is 11.8 Å². The zero-order chi connectivity index (χ0) is 29.7. The Morgan fingerprint density at radius 2 is 1.51 bits per heavy atom. The summed E-state index contributed by atoms with van der Waals surface area (Å²) in [6, 6.07) is 28.3. The maximum absolute atomic E-state index is 12.2. The zero-order valence-electron chi connectivity index (χ0n) is 24.1. The van der Waals surface area contributed by atoms with Crippen molar-refractivity contribution in [2.24, 2.45) is 5.11 Å². The smallest absolute Gasteiger partial charge is 0.261 e. The summed E-state index contributed by atoms with van der Waals surface area (Å²) in [6.45, 7) is 6.55. The normalized spacial score (nSPS) is 25.7. The third kappa shape index (κ3) is 5.84. The van der Waals surface area contributed by atoms with Crippen molar-refractivity contribution in [3.8, 4) is 0 Å². The molecule has 0 spiro atoms. The van der Waals surface area contributed by atoms with Gasteiger partial charge in [0.05, 0.1) is 12.7 Å². The lowest BCUT2D eigenvalue weighted by Crippen LogP contribution is -2.70. The molecule has 4 rings (SSSR count). The predicted octanol–water partition coefficient (Wildman–Crippen LogP) is 4.81. The van der Waals surface area contributed by atoms with Gasteiger partial charge in [-0.05, 0) is 32.8 Å². The molecule has 8 nitrogen and oxygen atoms in total. The second-order valence-corrected chi connectivity index (χ2v) is 16.5. The third-order valence-electron chi connectivity index (χ3n) is 7.88. The van der Waals surface area contributed by atoms with Gasteiger partial charge in [0.1, 0.15) is 29.3 Å². The lowest BCUT2D eigenvalue weighted by Gasteiger charge is -2.52. The standard InChI is InChI=1S/C31H39N3O5SSi/c1-30(2,3)41(23-17-11-7-12-18-23,24-19-13-8-14-20-24)38-21-25-26(35)27(33-34-32)31(36,29(39-25)40-5)28(37-4)22-15-9-6-10-16-22/h6-20,25-29,35-36H,21H2,1-5H3/t25?,26-,27+,28?,29+,31?/m1/s1. The Labute approximate surface area is 247 Å². The van der Waals surface area contributed by atoms with Crippen LogP contribution in [-0.4, -0.2) is 67.8 Å². The maximum Gasteiger partial charge on any atom is 0.261 e. The van der Waals surface area contributed by atoms with Gasteiger partial charge in [-0.25, -0.2) is 0 Å². The van der Waals surface area contributed by atoms with Crippen molar-refractivity contribution in [1.29, 1.82) is 0 Å². The molecule has 0 aliphatic carbocycles. The molecule has 0 bridgehead atoms. The summed E-state index contributed by atoms with van der Waals surface area (Å²) in [5.41, 5.74) is 7.44. The maximum atomic E-state index is 12.2. The summed E-state index contributed by atoms with van der Waals surface area (Å²) in [5.74, 6) is 0. The molecule has 0 amide bonds. The van der Waals surface area contributed by atoms with Gasteiger partial charge in [-0.15, -0.1) is 11.8 Å². The molecule has 1 aliphatic heterocycles. The fraction of sp³-hybridized carbons (Fsp3) is 0.419. The van der Waals surface area contributed by atoms with Crippen molar-refractivity contribution in [3.63, 3.8) is 0 Å². The molecule has 3 unspecified atom stereocenters. The molecule has 3 aromatic carbocycles. The van der Waals surface area contributed by atoms with Crippen molar-refractivity contribution in [2.75, 3.05) is 20.0 Å². The van der Waals surface area contributed by atoms with Crippen LogP contribution in [0.15, 0.2) is 96.1 Å². The molecule has 1 heterocycles. The van der Waals surface area contributed by atoms with E-state index in [0.717, 1.165) is 10.4 Å². The number of azide groups is 1. The minimum absolute atomic E-state index is 0.0298. The molecular formula is C31H39N3O5SSi. The lowest BCUT2D eigenvalue weighted by molar-refractivity contribution is -0.240. The van der Waals surface area contributed by atoms with Crippen LogP contribution in [0.25, 0.3) is 10.4 Å². The molecule has 41 heavy (non-hydrogen) atoms. The van der Waals surface area contributed by atoms with Crippen molar-refractivity contribution in [2.45, 2.75) is 61.2 Å². The van der Waals surface area contributed by atoms with E-state index in [0.29, 0.717) is 5.56 Å². The van der Waals surface area contributed by atoms with Gasteiger partial charge in [0, 0.05) is 12.0 Å². The summed E-state index contributed by atoms with van der Waals surface area (Å²) in [5, 5.41) is 29.7. The molecule has 1 saturated heterocycles. The summed E-state index contributed by atoms with van der Waals surface area (Å²) < 4.78 is 19.2. The van der Waals surface area contributed by atoms with Gasteiger partial charge < -0.3 is 24.1 Å². The van der Waals surface area contributed by atoms with Crippen LogP contribution in [-0.2, 0) is 13.9 Å². The van der Waals surface area contributed by atoms with Crippen LogP contribution in [0.1, 0.15) is 32.4 Å². The number of aliphatic hydroxyl groups is 2. The van der Waals surface area contributed by atoms with Gasteiger partial charge in [0.2, 0.25) is 0 Å². The molecule has 10 heteroatoms. The number of thioether (sulfide) groups is 1. The Hall–Kier alpha value is -2.66. The van der Waals surface area contributed by atoms with Crippen molar-refractivity contribution in [3.05, 3.63) is 107 Å². The van der Waals surface area contributed by atoms with Gasteiger partial charge >= 0.3 is 0 Å². The predicted molar refractivity (Wildman–Crippen MR) is 166 cm³/mol. The Balaban J connectivity index is 1.75. The first-order valence-corrected chi connectivity index (χ1v) is 16.8. The Morgan fingerprint density at radius 3 is 1.95 bits per heavy atom. The molecule has 3 aromatic rings. The molecular weight excluding hydrogens is 555 g/mol. The Morgan fingerprint density at radius 1 is 1.00 bits per heavy atom. The number of aliphatic hydroxyl groups excluding tert-OH is 1. The van der Waals surface area contributed by atoms with Crippen LogP contribution in [0.3, 0.4) is 0 Å². The van der Waals surface area contributed by atoms with Crippen molar-refractivity contribution < 1.29 is 24.1 Å². The number of benzene rings is 3. The van der Waals surface area contributed by atoms with E-state index < -0.39 is 43.7 Å². The highest BCUT2D eigenvalue weighted by molar-refractivity contribution is 7.99. The average molecular weight is 594 g/mol. The number of hydrogen-bond donors (Lipinski definition) is 2. The molecule has 1 aliphatic rings. The second-order valence-electron chi connectivity index (χ2n) is 11.3. The van der Waals surface area contributed by atoms with Gasteiger partial charge in [-0.1, -0.05) is 117 Å². The van der Waals surface area contributed by atoms with E-state index in [4.69, 9.17) is 13.9 Å². The molecule has 1 fully saturated rings. The van der Waals surface area contributed by atoms with Crippen LogP contribution in [0.2, 0.25) is 5.04 Å². The molecule has 0 saturated carbocycles. The second kappa shape index (κ2) is 13.1. The van der Waals surface area contributed by atoms with E-state index in [2.05, 4.69) is 55.1 Å². The van der Waals surface area contributed by atoms with Crippen LogP contribution < -0.4 is 10.4 Å². The Bertz CT molecular complexity index is 1270. The summed E-state index contributed by atoms with van der Waals surface area (Å²) in [7, 11) is -1.46. The highest BCUT2D eigenvalue weighted by Gasteiger charge is 2.60. The highest BCUT2D eigenvalue weighted by atomic mass is 32.2. The summed E-state index contributed by atoms with van der Waals surface area (Å²) >= 11 is 1.27. The minimum Gasteiger partial charge on any atom is -0.405 e. The average Bonchev–Trinajstić information content (AvgIpc) is 2.98. The van der Waals surface area contributed by atoms with Gasteiger partial charge in [-0.3, -0.25) is 0 Å². The van der Waals surface area contributed by atoms with E-state index in [1.54, 1.807) is 6.26 Å². The lowest BCUT2D eigenvalue weighted by atomic mass is 9.79. The largest absolute Gasteiger partial charge is 0.405 e. The molecule has 0 radical (unpaired) electrons. The molecule has 2 N–H and O–H groups in total. The molecule has 6 atom stereocenters. The number of nitrogens with zero attached hydrogens (tertiary/aromatic N) is 3. The molecule has 218 valence electrons. The topological polar surface area (TPSA) is 117 Å². The van der Waals surface area contributed by atoms with E-state index in [1.165, 1.54) is 18.9 Å². The van der Waals surface area contributed by atoms with E-state index in [1.807, 2.05) is 66.7 Å². The van der Waals surface area contributed by atoms with Crippen LogP contribution in [0.4, 0.5) is 0 Å². The molecule has 0 aromatic heterocycles. The summed E-state index contributed by atoms with van der Waals surface area (Å²) in [4.78, 5) is 3.01. The fourth-order valence-electron chi connectivity index (χ4n) is 6.03. The number of hydrogen-bond acceptors (Lipinski definition) is 7. The van der Waals surface area contributed by atoms with Gasteiger partial charge in [-0.2, -0.15) is 0 Å². The SMILES string of the molecule is COC(c1ccccc1)C1(O)[C@H](SC)OC(CO[Si](c2ccccc2)(c2ccccc2)C(C)(C)C)[C@@H](O)[C@@H]1N=[N+]=[N-]. The summed E-state index contributed by atoms with van der Waals surface area (Å²) in [6.07, 6.45) is -1.36. The monoisotopic (exact) mass is 593 g/mol. The highest BCUT2D eigenvalue weighted by Crippen LogP contribution is 2.46. The number of rotatable bonds is 10. The van der Waals surface area contributed by atoms with Gasteiger partial charge in [0.25, 0.3) is 8.32 Å². The van der Waals surface area contributed by atoms with Crippen LogP contribution in [0.5, 0.6) is 0 Å². The van der Waals surface area contributed by atoms with Crippen molar-refractivity contribution >= 4 is 30.5 Å². The number of methoxy groups -OCH3 is 1. The minimum atomic E-state index is -2.94. The quantitative estimate of drug-likeness (QED) is 0.151. The van der Waals surface area contributed by atoms with Crippen molar-refractivity contribution in [1.82, 2.24) is 0 Å². The Kier molecular flexibility index (Phi) is 10.00. The first-order chi connectivity index (χ1) is 19.6. The van der Waals surface area contributed by atoms with E-state index in [9.17, 15) is 15.7 Å².